The molecule has 7 heteroatoms. The fourth-order valence-corrected chi connectivity index (χ4v) is 1.97. The number of halogens is 2. The number of esters is 1. The molecule has 0 saturated heterocycles. The van der Waals surface area contributed by atoms with Crippen LogP contribution in [-0.4, -0.2) is 23.0 Å². The number of carbonyl (C=O) groups excluding carboxylic acids is 1. The van der Waals surface area contributed by atoms with Crippen LogP contribution in [0.25, 0.3) is 17.5 Å². The Hall–Kier alpha value is -2.47. The van der Waals surface area contributed by atoms with E-state index in [-0.39, 0.29) is 27.9 Å². The first kappa shape index (κ1) is 14.9. The molecule has 108 valence electrons. The number of nitrogens with two attached hydrogens (primary N) is 1. The zero-order chi connectivity index (χ0) is 15.6. The lowest BCUT2D eigenvalue weighted by Crippen LogP contribution is -2.11. The van der Waals surface area contributed by atoms with Gasteiger partial charge in [0.05, 0.1) is 7.11 Å². The van der Waals surface area contributed by atoms with Crippen LogP contribution in [0.3, 0.4) is 0 Å². The summed E-state index contributed by atoms with van der Waals surface area (Å²) in [5, 5.41) is 0.180. The van der Waals surface area contributed by atoms with E-state index < -0.39 is 11.8 Å². The molecule has 0 spiro atoms. The van der Waals surface area contributed by atoms with Gasteiger partial charge in [0.25, 0.3) is 0 Å². The average molecular weight is 308 g/mol. The van der Waals surface area contributed by atoms with Gasteiger partial charge in [0, 0.05) is 16.1 Å². The van der Waals surface area contributed by atoms with Crippen LogP contribution in [-0.2, 0) is 4.74 Å². The Balaban J connectivity index is 2.68. The van der Waals surface area contributed by atoms with Crippen LogP contribution in [0.4, 0.5) is 10.2 Å². The number of aromatic nitrogens is 2. The van der Waals surface area contributed by atoms with Crippen molar-refractivity contribution in [3.8, 4) is 11.4 Å². The topological polar surface area (TPSA) is 78.1 Å². The molecular formula is C14H11ClFN3O2. The molecule has 0 aliphatic carbocycles. The number of nitrogens with zero attached hydrogens (tertiary/aromatic N) is 2. The lowest BCUT2D eigenvalue weighted by molar-refractivity contribution is 0.0594. The fourth-order valence-electron chi connectivity index (χ4n) is 1.75. The van der Waals surface area contributed by atoms with Crippen molar-refractivity contribution in [2.75, 3.05) is 12.8 Å². The highest BCUT2D eigenvalue weighted by atomic mass is 35.5. The minimum atomic E-state index is -0.692. The standard InChI is InChI=1S/C14H11ClFN3O2/c1-3-10-11(14(20)21-2)18-13(19-12(10)17)7-4-8(15)6-9(16)5-7/h3-6H,1H2,2H3,(H2,17,18,19). The van der Waals surface area contributed by atoms with E-state index in [0.717, 1.165) is 6.07 Å². The Kier molecular flexibility index (Phi) is 4.18. The van der Waals surface area contributed by atoms with Gasteiger partial charge < -0.3 is 10.5 Å². The summed E-state index contributed by atoms with van der Waals surface area (Å²) in [6.45, 7) is 3.55. The number of hydrogen-bond acceptors (Lipinski definition) is 5. The summed E-state index contributed by atoms with van der Waals surface area (Å²) in [6, 6.07) is 3.80. The summed E-state index contributed by atoms with van der Waals surface area (Å²) in [7, 11) is 1.21. The highest BCUT2D eigenvalue weighted by Crippen LogP contribution is 2.25. The van der Waals surface area contributed by atoms with Crippen molar-refractivity contribution in [1.29, 1.82) is 0 Å². The van der Waals surface area contributed by atoms with Crippen LogP contribution in [0, 0.1) is 5.82 Å². The van der Waals surface area contributed by atoms with Crippen molar-refractivity contribution in [2.45, 2.75) is 0 Å². The van der Waals surface area contributed by atoms with Crippen LogP contribution in [0.2, 0.25) is 5.02 Å². The largest absolute Gasteiger partial charge is 0.464 e. The molecule has 0 atom stereocenters. The molecule has 0 unspecified atom stereocenters. The van der Waals surface area contributed by atoms with Gasteiger partial charge in [-0.3, -0.25) is 0 Å². The van der Waals surface area contributed by atoms with E-state index in [1.54, 1.807) is 0 Å². The molecule has 0 fully saturated rings. The Morgan fingerprint density at radius 3 is 2.71 bits per heavy atom. The molecule has 1 aromatic heterocycles. The van der Waals surface area contributed by atoms with E-state index in [4.69, 9.17) is 17.3 Å². The van der Waals surface area contributed by atoms with Gasteiger partial charge in [0.2, 0.25) is 0 Å². The number of carbonyl (C=O) groups is 1. The third kappa shape index (κ3) is 3.00. The van der Waals surface area contributed by atoms with Crippen LogP contribution in [0.15, 0.2) is 24.8 Å². The van der Waals surface area contributed by atoms with Gasteiger partial charge in [-0.15, -0.1) is 0 Å². The Bertz CT molecular complexity index is 714. The second-order valence-corrected chi connectivity index (χ2v) is 4.49. The maximum atomic E-state index is 13.4. The summed E-state index contributed by atoms with van der Waals surface area (Å²) in [5.74, 6) is -1.13. The molecule has 0 aliphatic rings. The van der Waals surface area contributed by atoms with E-state index >= 15 is 0 Å². The quantitative estimate of drug-likeness (QED) is 0.882. The normalized spacial score (nSPS) is 10.2. The number of anilines is 1. The molecule has 21 heavy (non-hydrogen) atoms. The van der Waals surface area contributed by atoms with E-state index in [2.05, 4.69) is 21.3 Å². The Labute approximate surface area is 125 Å². The lowest BCUT2D eigenvalue weighted by Gasteiger charge is -2.09. The minimum absolute atomic E-state index is 0.0378. The molecule has 0 saturated carbocycles. The summed E-state index contributed by atoms with van der Waals surface area (Å²) in [5.41, 5.74) is 6.29. The second-order valence-electron chi connectivity index (χ2n) is 4.05. The molecule has 0 bridgehead atoms. The zero-order valence-electron chi connectivity index (χ0n) is 11.1. The van der Waals surface area contributed by atoms with Crippen molar-refractivity contribution in [2.24, 2.45) is 0 Å². The number of methoxy groups -OCH3 is 1. The monoisotopic (exact) mass is 307 g/mol. The van der Waals surface area contributed by atoms with Gasteiger partial charge in [-0.2, -0.15) is 0 Å². The zero-order valence-corrected chi connectivity index (χ0v) is 11.8. The highest BCUT2D eigenvalue weighted by molar-refractivity contribution is 6.30. The van der Waals surface area contributed by atoms with Crippen molar-refractivity contribution in [3.05, 3.63) is 46.9 Å². The SMILES string of the molecule is C=Cc1c(N)nc(-c2cc(F)cc(Cl)c2)nc1C(=O)OC. The number of hydrogen-bond donors (Lipinski definition) is 1. The van der Waals surface area contributed by atoms with Crippen LogP contribution in [0.5, 0.6) is 0 Å². The van der Waals surface area contributed by atoms with Gasteiger partial charge in [0.1, 0.15) is 11.6 Å². The Morgan fingerprint density at radius 1 is 1.43 bits per heavy atom. The molecule has 2 N–H and O–H groups in total. The van der Waals surface area contributed by atoms with E-state index in [9.17, 15) is 9.18 Å². The molecular weight excluding hydrogens is 297 g/mol. The maximum absolute atomic E-state index is 13.4. The van der Waals surface area contributed by atoms with Crippen molar-refractivity contribution < 1.29 is 13.9 Å². The molecule has 0 aliphatic heterocycles. The summed E-state index contributed by atoms with van der Waals surface area (Å²) < 4.78 is 18.0. The summed E-state index contributed by atoms with van der Waals surface area (Å²) >= 11 is 5.79. The summed E-state index contributed by atoms with van der Waals surface area (Å²) in [4.78, 5) is 19.8. The van der Waals surface area contributed by atoms with Gasteiger partial charge in [-0.05, 0) is 18.2 Å². The molecule has 1 aromatic carbocycles. The molecule has 1 heterocycles. The molecule has 0 radical (unpaired) electrons. The second kappa shape index (κ2) is 5.88. The van der Waals surface area contributed by atoms with Gasteiger partial charge >= 0.3 is 5.97 Å². The van der Waals surface area contributed by atoms with Gasteiger partial charge in [-0.1, -0.05) is 24.3 Å². The first-order chi connectivity index (χ1) is 9.96. The minimum Gasteiger partial charge on any atom is -0.464 e. The van der Waals surface area contributed by atoms with Crippen molar-refractivity contribution in [1.82, 2.24) is 9.97 Å². The number of benzene rings is 1. The average Bonchev–Trinajstić information content (AvgIpc) is 2.44. The van der Waals surface area contributed by atoms with Gasteiger partial charge in [0.15, 0.2) is 11.5 Å². The highest BCUT2D eigenvalue weighted by Gasteiger charge is 2.18. The molecule has 2 rings (SSSR count). The third-order valence-corrected chi connectivity index (χ3v) is 2.90. The number of nitrogen functional groups attached to an aromatic ring is 1. The number of rotatable bonds is 3. The predicted molar refractivity (Wildman–Crippen MR) is 78.3 cm³/mol. The summed E-state index contributed by atoms with van der Waals surface area (Å²) in [6.07, 6.45) is 1.35. The lowest BCUT2D eigenvalue weighted by atomic mass is 10.1. The van der Waals surface area contributed by atoms with Crippen molar-refractivity contribution >= 4 is 29.5 Å². The van der Waals surface area contributed by atoms with E-state index in [0.29, 0.717) is 5.56 Å². The maximum Gasteiger partial charge on any atom is 0.357 e. The van der Waals surface area contributed by atoms with Crippen molar-refractivity contribution in [3.63, 3.8) is 0 Å². The van der Waals surface area contributed by atoms with Gasteiger partial charge in [-0.25, -0.2) is 19.2 Å². The van der Waals surface area contributed by atoms with Crippen LogP contribution < -0.4 is 5.73 Å². The molecule has 5 nitrogen and oxygen atoms in total. The fraction of sp³-hybridized carbons (Fsp3) is 0.0714. The third-order valence-electron chi connectivity index (χ3n) is 2.68. The molecule has 2 aromatic rings. The first-order valence-electron chi connectivity index (χ1n) is 5.81. The molecule has 0 amide bonds. The van der Waals surface area contributed by atoms with Crippen LogP contribution >= 0.6 is 11.6 Å². The van der Waals surface area contributed by atoms with E-state index in [1.807, 2.05) is 0 Å². The number of ether oxygens (including phenoxy) is 1. The van der Waals surface area contributed by atoms with E-state index in [1.165, 1.54) is 25.3 Å². The Morgan fingerprint density at radius 2 is 2.14 bits per heavy atom. The van der Waals surface area contributed by atoms with Crippen LogP contribution in [0.1, 0.15) is 16.1 Å². The predicted octanol–water partition coefficient (Wildman–Crippen LogP) is 2.95. The first-order valence-corrected chi connectivity index (χ1v) is 6.18. The smallest absolute Gasteiger partial charge is 0.357 e.